The fraction of sp³-hybridized carbons (Fsp3) is 0.308. The monoisotopic (exact) mass is 266 g/mol. The summed E-state index contributed by atoms with van der Waals surface area (Å²) in [7, 11) is 1.41. The van der Waals surface area contributed by atoms with Gasteiger partial charge in [0.15, 0.2) is 11.9 Å². The second kappa shape index (κ2) is 6.65. The Bertz CT molecular complexity index is 494. The van der Waals surface area contributed by atoms with E-state index < -0.39 is 30.2 Å². The van der Waals surface area contributed by atoms with Crippen LogP contribution in [-0.4, -0.2) is 36.0 Å². The lowest BCUT2D eigenvalue weighted by Gasteiger charge is -2.10. The molecule has 0 saturated carbocycles. The maximum atomic E-state index is 11.9. The molecule has 6 heteroatoms. The predicted octanol–water partition coefficient (Wildman–Crippen LogP) is 0.719. The minimum Gasteiger partial charge on any atom is -0.496 e. The molecule has 1 aromatic rings. The van der Waals surface area contributed by atoms with Gasteiger partial charge in [0.1, 0.15) is 5.75 Å². The van der Waals surface area contributed by atoms with Crippen molar-refractivity contribution in [3.8, 4) is 5.75 Å². The van der Waals surface area contributed by atoms with Gasteiger partial charge in [0.2, 0.25) is 0 Å². The number of Topliss-reactive ketones (excluding diaryl/α,β-unsaturated/α-hetero) is 1. The van der Waals surface area contributed by atoms with Crippen LogP contribution in [0, 0.1) is 0 Å². The van der Waals surface area contributed by atoms with Gasteiger partial charge in [-0.1, -0.05) is 12.1 Å². The number of carbonyl (C=O) groups is 3. The molecule has 0 saturated heterocycles. The number of aliphatic hydroxyl groups excluding tert-OH is 1. The molecule has 1 N–H and O–H groups in total. The Morgan fingerprint density at radius 1 is 1.26 bits per heavy atom. The number of rotatable bonds is 5. The lowest BCUT2D eigenvalue weighted by molar-refractivity contribution is -0.164. The van der Waals surface area contributed by atoms with E-state index in [2.05, 4.69) is 4.74 Å². The summed E-state index contributed by atoms with van der Waals surface area (Å²) in [6, 6.07) is 6.43. The third-order valence-corrected chi connectivity index (χ3v) is 2.30. The summed E-state index contributed by atoms with van der Waals surface area (Å²) in [4.78, 5) is 33.6. The van der Waals surface area contributed by atoms with E-state index in [0.29, 0.717) is 5.75 Å². The molecule has 1 aromatic carbocycles. The van der Waals surface area contributed by atoms with Crippen molar-refractivity contribution in [3.63, 3.8) is 0 Å². The normalized spacial score (nSPS) is 11.5. The summed E-state index contributed by atoms with van der Waals surface area (Å²) in [6.45, 7) is 1.03. The quantitative estimate of drug-likeness (QED) is 0.480. The van der Waals surface area contributed by atoms with Crippen molar-refractivity contribution in [1.82, 2.24) is 0 Å². The van der Waals surface area contributed by atoms with E-state index in [-0.39, 0.29) is 5.56 Å². The second-order valence-corrected chi connectivity index (χ2v) is 3.76. The van der Waals surface area contributed by atoms with Crippen molar-refractivity contribution in [2.45, 2.75) is 19.4 Å². The van der Waals surface area contributed by atoms with Crippen molar-refractivity contribution in [2.75, 3.05) is 7.11 Å². The van der Waals surface area contributed by atoms with Gasteiger partial charge in [-0.3, -0.25) is 9.59 Å². The van der Waals surface area contributed by atoms with Crippen LogP contribution in [-0.2, 0) is 14.3 Å². The number of ketones is 1. The highest BCUT2D eigenvalue weighted by Crippen LogP contribution is 2.19. The molecule has 0 aliphatic heterocycles. The van der Waals surface area contributed by atoms with E-state index in [0.717, 1.165) is 6.92 Å². The van der Waals surface area contributed by atoms with Crippen LogP contribution >= 0.6 is 0 Å². The minimum atomic E-state index is -1.68. The Morgan fingerprint density at radius 3 is 2.47 bits per heavy atom. The van der Waals surface area contributed by atoms with Gasteiger partial charge in [-0.2, -0.15) is 0 Å². The van der Waals surface area contributed by atoms with Crippen molar-refractivity contribution in [1.29, 1.82) is 0 Å². The van der Waals surface area contributed by atoms with E-state index >= 15 is 0 Å². The first-order valence-electron chi connectivity index (χ1n) is 5.52. The summed E-state index contributed by atoms with van der Waals surface area (Å²) in [5.74, 6) is -2.12. The average Bonchev–Trinajstić information content (AvgIpc) is 2.37. The summed E-state index contributed by atoms with van der Waals surface area (Å²) >= 11 is 0. The smallest absolute Gasteiger partial charge is 0.343 e. The standard InChI is InChI=1S/C13H14O6/c1-8(14)19-13(17)11(16)7-10(15)9-5-3-4-6-12(9)18-2/h3-6,11,16H,7H2,1-2H3. The lowest BCUT2D eigenvalue weighted by atomic mass is 10.0. The molecular formula is C13H14O6. The maximum absolute atomic E-state index is 11.9. The molecule has 0 amide bonds. The maximum Gasteiger partial charge on any atom is 0.343 e. The molecule has 0 radical (unpaired) electrons. The van der Waals surface area contributed by atoms with Crippen LogP contribution in [0.5, 0.6) is 5.75 Å². The fourth-order valence-corrected chi connectivity index (χ4v) is 1.45. The summed E-state index contributed by atoms with van der Waals surface area (Å²) in [6.07, 6.45) is -2.16. The summed E-state index contributed by atoms with van der Waals surface area (Å²) in [5, 5.41) is 9.47. The van der Waals surface area contributed by atoms with Gasteiger partial charge in [0, 0.05) is 13.3 Å². The number of ether oxygens (including phenoxy) is 2. The molecule has 0 spiro atoms. The number of aliphatic hydroxyl groups is 1. The average molecular weight is 266 g/mol. The van der Waals surface area contributed by atoms with Gasteiger partial charge in [0.25, 0.3) is 0 Å². The molecule has 1 atom stereocenters. The lowest BCUT2D eigenvalue weighted by Crippen LogP contribution is -2.27. The summed E-state index contributed by atoms with van der Waals surface area (Å²) < 4.78 is 9.19. The number of methoxy groups -OCH3 is 1. The fourth-order valence-electron chi connectivity index (χ4n) is 1.45. The van der Waals surface area contributed by atoms with E-state index in [4.69, 9.17) is 4.74 Å². The van der Waals surface area contributed by atoms with Gasteiger partial charge in [0.05, 0.1) is 12.7 Å². The van der Waals surface area contributed by atoms with Crippen LogP contribution < -0.4 is 4.74 Å². The van der Waals surface area contributed by atoms with Crippen LogP contribution in [0.4, 0.5) is 0 Å². The van der Waals surface area contributed by atoms with Crippen molar-refractivity contribution < 1.29 is 29.0 Å². The zero-order valence-corrected chi connectivity index (χ0v) is 10.6. The molecule has 0 aromatic heterocycles. The first-order chi connectivity index (χ1) is 8.95. The number of carbonyl (C=O) groups excluding carboxylic acids is 3. The third kappa shape index (κ3) is 4.18. The highest BCUT2D eigenvalue weighted by atomic mass is 16.6. The number of hydrogen-bond donors (Lipinski definition) is 1. The van der Waals surface area contributed by atoms with E-state index in [1.165, 1.54) is 13.2 Å². The summed E-state index contributed by atoms with van der Waals surface area (Å²) in [5.41, 5.74) is 0.250. The largest absolute Gasteiger partial charge is 0.496 e. The first-order valence-corrected chi connectivity index (χ1v) is 5.52. The topological polar surface area (TPSA) is 89.9 Å². The SMILES string of the molecule is COc1ccccc1C(=O)CC(O)C(=O)OC(C)=O. The van der Waals surface area contributed by atoms with Crippen LogP contribution in [0.3, 0.4) is 0 Å². The van der Waals surface area contributed by atoms with E-state index in [1.54, 1.807) is 18.2 Å². The Morgan fingerprint density at radius 2 is 1.89 bits per heavy atom. The number of para-hydroxylation sites is 1. The molecule has 0 heterocycles. The van der Waals surface area contributed by atoms with Gasteiger partial charge < -0.3 is 14.6 Å². The Hall–Kier alpha value is -2.21. The van der Waals surface area contributed by atoms with Crippen LogP contribution in [0.15, 0.2) is 24.3 Å². The zero-order chi connectivity index (χ0) is 14.4. The molecular weight excluding hydrogens is 252 g/mol. The van der Waals surface area contributed by atoms with Crippen molar-refractivity contribution in [2.24, 2.45) is 0 Å². The second-order valence-electron chi connectivity index (χ2n) is 3.76. The first kappa shape index (κ1) is 14.8. The molecule has 0 aliphatic rings. The molecule has 0 fully saturated rings. The Kier molecular flexibility index (Phi) is 5.20. The van der Waals surface area contributed by atoms with Gasteiger partial charge in [-0.15, -0.1) is 0 Å². The molecule has 1 unspecified atom stereocenters. The van der Waals surface area contributed by atoms with E-state index in [9.17, 15) is 19.5 Å². The predicted molar refractivity (Wildman–Crippen MR) is 64.7 cm³/mol. The molecule has 6 nitrogen and oxygen atoms in total. The van der Waals surface area contributed by atoms with Crippen molar-refractivity contribution in [3.05, 3.63) is 29.8 Å². The van der Waals surface area contributed by atoms with Gasteiger partial charge in [-0.05, 0) is 12.1 Å². The van der Waals surface area contributed by atoms with Crippen LogP contribution in [0.2, 0.25) is 0 Å². The molecule has 1 rings (SSSR count). The van der Waals surface area contributed by atoms with E-state index in [1.807, 2.05) is 0 Å². The van der Waals surface area contributed by atoms with Gasteiger partial charge in [-0.25, -0.2) is 4.79 Å². The molecule has 102 valence electrons. The number of esters is 2. The van der Waals surface area contributed by atoms with Crippen LogP contribution in [0.25, 0.3) is 0 Å². The van der Waals surface area contributed by atoms with Gasteiger partial charge >= 0.3 is 11.9 Å². The van der Waals surface area contributed by atoms with Crippen molar-refractivity contribution >= 4 is 17.7 Å². The molecule has 0 bridgehead atoms. The highest BCUT2D eigenvalue weighted by molar-refractivity contribution is 6.01. The zero-order valence-electron chi connectivity index (χ0n) is 10.6. The molecule has 19 heavy (non-hydrogen) atoms. The Labute approximate surface area is 109 Å². The minimum absolute atomic E-state index is 0.250. The molecule has 0 aliphatic carbocycles. The third-order valence-electron chi connectivity index (χ3n) is 2.30. The highest BCUT2D eigenvalue weighted by Gasteiger charge is 2.23. The Balaban J connectivity index is 2.74. The number of benzene rings is 1. The number of hydrogen-bond acceptors (Lipinski definition) is 6. The van der Waals surface area contributed by atoms with Crippen LogP contribution in [0.1, 0.15) is 23.7 Å².